The molecule has 0 aliphatic carbocycles. The van der Waals surface area contributed by atoms with Crippen LogP contribution in [0.5, 0.6) is 0 Å². The zero-order valence-electron chi connectivity index (χ0n) is 11.4. The number of rotatable bonds is 3. The molecule has 1 N–H and O–H groups in total. The minimum atomic E-state index is -0.732. The molecule has 1 aliphatic rings. The number of benzene rings is 1. The van der Waals surface area contributed by atoms with Crippen molar-refractivity contribution in [1.29, 1.82) is 0 Å². The maximum Gasteiger partial charge on any atom is 0.309 e. The third-order valence-corrected chi connectivity index (χ3v) is 3.79. The molecule has 18 heavy (non-hydrogen) atoms. The van der Waals surface area contributed by atoms with E-state index in [0.29, 0.717) is 6.42 Å². The number of carboxylic acids is 1. The van der Waals surface area contributed by atoms with Crippen molar-refractivity contribution in [3.63, 3.8) is 0 Å². The van der Waals surface area contributed by atoms with Crippen LogP contribution in [-0.2, 0) is 17.6 Å². The lowest BCUT2D eigenvalue weighted by Gasteiger charge is -2.30. The molecule has 1 aromatic carbocycles. The molecule has 1 aliphatic heterocycles. The molecule has 3 heteroatoms. The molecular weight excluding hydrogens is 226 g/mol. The van der Waals surface area contributed by atoms with Crippen molar-refractivity contribution < 1.29 is 9.90 Å². The van der Waals surface area contributed by atoms with Crippen LogP contribution in [-0.4, -0.2) is 24.7 Å². The number of carboxylic acid groups (broad SMARTS) is 1. The van der Waals surface area contributed by atoms with Gasteiger partial charge in [0.1, 0.15) is 0 Å². The summed E-state index contributed by atoms with van der Waals surface area (Å²) in [4.78, 5) is 13.5. The Bertz CT molecular complexity index is 466. The third-order valence-electron chi connectivity index (χ3n) is 3.79. The molecule has 0 saturated heterocycles. The molecule has 0 bridgehead atoms. The summed E-state index contributed by atoms with van der Waals surface area (Å²) in [7, 11) is 2.10. The summed E-state index contributed by atoms with van der Waals surface area (Å²) in [5, 5.41) is 9.25. The highest BCUT2D eigenvalue weighted by Crippen LogP contribution is 2.32. The lowest BCUT2D eigenvalue weighted by atomic mass is 9.82. The van der Waals surface area contributed by atoms with E-state index < -0.39 is 11.4 Å². The Balaban J connectivity index is 2.35. The van der Waals surface area contributed by atoms with Crippen molar-refractivity contribution in [3.8, 4) is 0 Å². The van der Waals surface area contributed by atoms with Gasteiger partial charge in [0, 0.05) is 19.3 Å². The van der Waals surface area contributed by atoms with Gasteiger partial charge in [0.25, 0.3) is 0 Å². The van der Waals surface area contributed by atoms with Crippen LogP contribution >= 0.6 is 0 Å². The van der Waals surface area contributed by atoms with E-state index in [1.54, 1.807) is 13.8 Å². The van der Waals surface area contributed by atoms with Gasteiger partial charge < -0.3 is 10.0 Å². The van der Waals surface area contributed by atoms with Crippen LogP contribution in [0, 0.1) is 5.41 Å². The average Bonchev–Trinajstić information content (AvgIpc) is 2.30. The first kappa shape index (κ1) is 12.9. The van der Waals surface area contributed by atoms with E-state index in [9.17, 15) is 9.90 Å². The maximum atomic E-state index is 11.2. The van der Waals surface area contributed by atoms with Crippen LogP contribution in [0.15, 0.2) is 18.2 Å². The van der Waals surface area contributed by atoms with E-state index in [4.69, 9.17) is 0 Å². The minimum absolute atomic E-state index is 0.597. The van der Waals surface area contributed by atoms with Gasteiger partial charge >= 0.3 is 5.97 Å². The molecule has 98 valence electrons. The zero-order valence-corrected chi connectivity index (χ0v) is 11.4. The molecule has 3 nitrogen and oxygen atoms in total. The monoisotopic (exact) mass is 247 g/mol. The summed E-state index contributed by atoms with van der Waals surface area (Å²) in [5.41, 5.74) is 3.08. The number of fused-ring (bicyclic) bond motifs is 1. The molecule has 0 amide bonds. The van der Waals surface area contributed by atoms with Gasteiger partial charge in [0.2, 0.25) is 0 Å². The second-order valence-electron chi connectivity index (χ2n) is 5.81. The normalized spacial score (nSPS) is 15.4. The van der Waals surface area contributed by atoms with E-state index >= 15 is 0 Å². The molecule has 1 heterocycles. The summed E-state index contributed by atoms with van der Waals surface area (Å²) in [6, 6.07) is 6.24. The van der Waals surface area contributed by atoms with Crippen molar-refractivity contribution in [2.75, 3.05) is 18.5 Å². The smallest absolute Gasteiger partial charge is 0.309 e. The summed E-state index contributed by atoms with van der Waals surface area (Å²) < 4.78 is 0. The molecular formula is C15H21NO2. The molecule has 0 unspecified atom stereocenters. The van der Waals surface area contributed by atoms with Crippen LogP contribution in [0.3, 0.4) is 0 Å². The van der Waals surface area contributed by atoms with Crippen LogP contribution in [0.25, 0.3) is 0 Å². The van der Waals surface area contributed by atoms with Crippen molar-refractivity contribution in [2.45, 2.75) is 33.1 Å². The highest BCUT2D eigenvalue weighted by molar-refractivity contribution is 5.74. The Hall–Kier alpha value is -1.51. The minimum Gasteiger partial charge on any atom is -0.481 e. The van der Waals surface area contributed by atoms with Crippen LogP contribution < -0.4 is 4.90 Å². The van der Waals surface area contributed by atoms with Crippen molar-refractivity contribution in [3.05, 3.63) is 29.3 Å². The summed E-state index contributed by atoms with van der Waals surface area (Å²) in [5.74, 6) is -0.732. The van der Waals surface area contributed by atoms with Gasteiger partial charge in [0.05, 0.1) is 5.41 Å². The maximum absolute atomic E-state index is 11.2. The Labute approximate surface area is 108 Å². The molecule has 1 aromatic rings. The van der Waals surface area contributed by atoms with Crippen molar-refractivity contribution >= 4 is 11.7 Å². The Morgan fingerprint density at radius 2 is 2.17 bits per heavy atom. The zero-order chi connectivity index (χ0) is 13.3. The van der Waals surface area contributed by atoms with E-state index in [2.05, 4.69) is 24.1 Å². The number of nitrogens with zero attached hydrogens (tertiary/aromatic N) is 1. The third kappa shape index (κ3) is 2.35. The van der Waals surface area contributed by atoms with E-state index in [0.717, 1.165) is 19.4 Å². The van der Waals surface area contributed by atoms with E-state index in [-0.39, 0.29) is 0 Å². The number of hydrogen-bond acceptors (Lipinski definition) is 2. The molecule has 0 atom stereocenters. The average molecular weight is 247 g/mol. The molecule has 0 saturated carbocycles. The number of hydrogen-bond donors (Lipinski definition) is 1. The Morgan fingerprint density at radius 3 is 2.83 bits per heavy atom. The fourth-order valence-corrected chi connectivity index (χ4v) is 2.60. The Kier molecular flexibility index (Phi) is 3.33. The van der Waals surface area contributed by atoms with Gasteiger partial charge in [0.15, 0.2) is 0 Å². The van der Waals surface area contributed by atoms with Gasteiger partial charge in [-0.2, -0.15) is 0 Å². The highest BCUT2D eigenvalue weighted by Gasteiger charge is 2.29. The first-order chi connectivity index (χ1) is 8.42. The topological polar surface area (TPSA) is 40.5 Å². The van der Waals surface area contributed by atoms with Gasteiger partial charge in [-0.1, -0.05) is 12.1 Å². The highest BCUT2D eigenvalue weighted by atomic mass is 16.4. The van der Waals surface area contributed by atoms with E-state index in [1.807, 2.05) is 6.07 Å². The molecule has 0 radical (unpaired) electrons. The fraction of sp³-hybridized carbons (Fsp3) is 0.533. The fourth-order valence-electron chi connectivity index (χ4n) is 2.60. The van der Waals surface area contributed by atoms with Gasteiger partial charge in [-0.05, 0) is 50.3 Å². The first-order valence-electron chi connectivity index (χ1n) is 6.47. The lowest BCUT2D eigenvalue weighted by molar-refractivity contribution is -0.146. The van der Waals surface area contributed by atoms with E-state index in [1.165, 1.54) is 16.8 Å². The summed E-state index contributed by atoms with van der Waals surface area (Å²) in [6.45, 7) is 4.67. The second-order valence-corrected chi connectivity index (χ2v) is 5.81. The molecule has 0 aromatic heterocycles. The van der Waals surface area contributed by atoms with Gasteiger partial charge in [-0.15, -0.1) is 0 Å². The molecule has 0 spiro atoms. The summed E-state index contributed by atoms with van der Waals surface area (Å²) >= 11 is 0. The molecule has 2 rings (SSSR count). The number of anilines is 1. The quantitative estimate of drug-likeness (QED) is 0.892. The summed E-state index contributed by atoms with van der Waals surface area (Å²) in [6.07, 6.45) is 2.80. The van der Waals surface area contributed by atoms with Crippen LogP contribution in [0.2, 0.25) is 0 Å². The standard InChI is InChI=1S/C15H21NO2/c1-15(2,14(17)18)10-11-6-4-8-13-12(11)7-5-9-16(13)3/h4,6,8H,5,7,9-10H2,1-3H3,(H,17,18). The molecule has 0 fully saturated rings. The predicted molar refractivity (Wildman–Crippen MR) is 73.2 cm³/mol. The van der Waals surface area contributed by atoms with Crippen LogP contribution in [0.4, 0.5) is 5.69 Å². The SMILES string of the molecule is CN1CCCc2c(CC(C)(C)C(=O)O)cccc21. The lowest BCUT2D eigenvalue weighted by Crippen LogP contribution is -2.29. The van der Waals surface area contributed by atoms with Crippen LogP contribution in [0.1, 0.15) is 31.4 Å². The van der Waals surface area contributed by atoms with Gasteiger partial charge in [-0.25, -0.2) is 0 Å². The predicted octanol–water partition coefficient (Wildman–Crippen LogP) is 2.72. The first-order valence-corrected chi connectivity index (χ1v) is 6.47. The van der Waals surface area contributed by atoms with Gasteiger partial charge in [-0.3, -0.25) is 4.79 Å². The Morgan fingerprint density at radius 1 is 1.44 bits per heavy atom. The van der Waals surface area contributed by atoms with Crippen molar-refractivity contribution in [2.24, 2.45) is 5.41 Å². The largest absolute Gasteiger partial charge is 0.481 e. The second kappa shape index (κ2) is 4.63. The van der Waals surface area contributed by atoms with Crippen molar-refractivity contribution in [1.82, 2.24) is 0 Å². The number of carbonyl (C=O) groups is 1. The number of aliphatic carboxylic acids is 1.